The minimum Gasteiger partial charge on any atom is -0.369 e. The fraction of sp³-hybridized carbons (Fsp3) is 0.800. The van der Waals surface area contributed by atoms with Gasteiger partial charge in [-0.25, -0.2) is 4.98 Å². The molecule has 5 nitrogen and oxygen atoms in total. The molecule has 1 aromatic heterocycles. The number of hydrogen-bond acceptors (Lipinski definition) is 4. The lowest BCUT2D eigenvalue weighted by molar-refractivity contribution is 0.0225. The molecule has 1 saturated carbocycles. The van der Waals surface area contributed by atoms with Crippen molar-refractivity contribution in [2.24, 2.45) is 0 Å². The van der Waals surface area contributed by atoms with E-state index in [1.807, 2.05) is 12.5 Å². The largest absolute Gasteiger partial charge is 0.369 e. The highest BCUT2D eigenvalue weighted by atomic mass is 16.5. The monoisotopic (exact) mass is 278 g/mol. The molecule has 20 heavy (non-hydrogen) atoms. The zero-order chi connectivity index (χ0) is 13.8. The Labute approximate surface area is 121 Å². The summed E-state index contributed by atoms with van der Waals surface area (Å²) < 4.78 is 8.09. The second-order valence-electron chi connectivity index (χ2n) is 5.99. The molecule has 2 aliphatic rings. The number of nitrogens with one attached hydrogen (secondary N) is 1. The van der Waals surface area contributed by atoms with Crippen LogP contribution in [0.2, 0.25) is 0 Å². The Bertz CT molecular complexity index is 408. The lowest BCUT2D eigenvalue weighted by atomic mass is 10.2. The summed E-state index contributed by atoms with van der Waals surface area (Å²) in [7, 11) is 2.26. The van der Waals surface area contributed by atoms with Gasteiger partial charge in [-0.3, -0.25) is 0 Å². The quantitative estimate of drug-likeness (QED) is 0.884. The Kier molecular flexibility index (Phi) is 4.70. The molecule has 112 valence electrons. The minimum absolute atomic E-state index is 0.156. The summed E-state index contributed by atoms with van der Waals surface area (Å²) in [4.78, 5) is 6.82. The van der Waals surface area contributed by atoms with Crippen LogP contribution in [0.15, 0.2) is 12.5 Å². The first-order chi connectivity index (χ1) is 9.84. The highest BCUT2D eigenvalue weighted by Gasteiger charge is 2.21. The van der Waals surface area contributed by atoms with Crippen LogP contribution in [0.25, 0.3) is 0 Å². The topological polar surface area (TPSA) is 42.3 Å². The molecule has 1 aliphatic carbocycles. The summed E-state index contributed by atoms with van der Waals surface area (Å²) in [6, 6.07) is 0.787. The third kappa shape index (κ3) is 3.22. The lowest BCUT2D eigenvalue weighted by Gasteiger charge is -2.27. The fourth-order valence-corrected chi connectivity index (χ4v) is 3.33. The summed E-state index contributed by atoms with van der Waals surface area (Å²) in [6.07, 6.45) is 9.57. The number of ether oxygens (including phenoxy) is 1. The van der Waals surface area contributed by atoms with Crippen LogP contribution in [0, 0.1) is 0 Å². The number of morpholine rings is 1. The molecule has 0 amide bonds. The molecule has 2 fully saturated rings. The van der Waals surface area contributed by atoms with Gasteiger partial charge in [0.05, 0.1) is 24.8 Å². The molecule has 0 radical (unpaired) electrons. The maximum atomic E-state index is 5.83. The van der Waals surface area contributed by atoms with E-state index in [9.17, 15) is 0 Å². The zero-order valence-corrected chi connectivity index (χ0v) is 12.4. The van der Waals surface area contributed by atoms with Gasteiger partial charge in [-0.05, 0) is 19.9 Å². The van der Waals surface area contributed by atoms with E-state index >= 15 is 0 Å². The summed E-state index contributed by atoms with van der Waals surface area (Å²) >= 11 is 0. The predicted octanol–water partition coefficient (Wildman–Crippen LogP) is 1.42. The van der Waals surface area contributed by atoms with Crippen molar-refractivity contribution in [1.82, 2.24) is 19.8 Å². The molecular weight excluding hydrogens is 252 g/mol. The average Bonchev–Trinajstić information content (AvgIpc) is 3.17. The van der Waals surface area contributed by atoms with Crippen LogP contribution in [0.1, 0.15) is 37.5 Å². The number of imidazole rings is 1. The molecule has 2 heterocycles. The van der Waals surface area contributed by atoms with E-state index in [1.54, 1.807) is 0 Å². The van der Waals surface area contributed by atoms with E-state index in [2.05, 4.69) is 26.8 Å². The molecule has 3 rings (SSSR count). The van der Waals surface area contributed by atoms with E-state index in [0.717, 1.165) is 38.8 Å². The van der Waals surface area contributed by atoms with Crippen molar-refractivity contribution in [3.05, 3.63) is 18.2 Å². The molecule has 1 unspecified atom stereocenters. The van der Waals surface area contributed by atoms with Gasteiger partial charge in [-0.15, -0.1) is 0 Å². The normalized spacial score (nSPS) is 24.6. The van der Waals surface area contributed by atoms with Gasteiger partial charge >= 0.3 is 0 Å². The molecular formula is C15H26N4O. The van der Waals surface area contributed by atoms with Gasteiger partial charge in [-0.2, -0.15) is 0 Å². The second-order valence-corrected chi connectivity index (χ2v) is 5.99. The lowest BCUT2D eigenvalue weighted by Crippen LogP contribution is -2.35. The summed E-state index contributed by atoms with van der Waals surface area (Å²) in [5.74, 6) is 0. The molecule has 1 atom stereocenters. The van der Waals surface area contributed by atoms with E-state index in [4.69, 9.17) is 4.74 Å². The predicted molar refractivity (Wildman–Crippen MR) is 78.7 cm³/mol. The summed E-state index contributed by atoms with van der Waals surface area (Å²) in [5.41, 5.74) is 1.21. The number of rotatable bonds is 5. The van der Waals surface area contributed by atoms with Crippen LogP contribution in [0.3, 0.4) is 0 Å². The fourth-order valence-electron chi connectivity index (χ4n) is 3.33. The van der Waals surface area contributed by atoms with Crippen molar-refractivity contribution in [1.29, 1.82) is 0 Å². The number of nitrogens with zero attached hydrogens (tertiary/aromatic N) is 3. The average molecular weight is 278 g/mol. The van der Waals surface area contributed by atoms with E-state index in [1.165, 1.54) is 31.4 Å². The molecule has 0 bridgehead atoms. The second kappa shape index (κ2) is 6.70. The Balaban J connectivity index is 1.55. The van der Waals surface area contributed by atoms with Gasteiger partial charge < -0.3 is 19.5 Å². The van der Waals surface area contributed by atoms with Crippen molar-refractivity contribution in [3.8, 4) is 0 Å². The molecule has 0 aromatic carbocycles. The van der Waals surface area contributed by atoms with Gasteiger partial charge in [0.2, 0.25) is 0 Å². The van der Waals surface area contributed by atoms with E-state index in [0.29, 0.717) is 0 Å². The Morgan fingerprint density at radius 2 is 2.30 bits per heavy atom. The molecule has 1 aliphatic heterocycles. The van der Waals surface area contributed by atoms with Crippen LogP contribution >= 0.6 is 0 Å². The van der Waals surface area contributed by atoms with Crippen LogP contribution in [0.5, 0.6) is 0 Å². The summed E-state index contributed by atoms with van der Waals surface area (Å²) in [6.45, 7) is 4.73. The Morgan fingerprint density at radius 3 is 3.05 bits per heavy atom. The van der Waals surface area contributed by atoms with Crippen molar-refractivity contribution in [2.75, 3.05) is 33.3 Å². The van der Waals surface area contributed by atoms with Crippen LogP contribution in [-0.2, 0) is 11.3 Å². The molecule has 0 spiro atoms. The van der Waals surface area contributed by atoms with Crippen LogP contribution < -0.4 is 5.32 Å². The zero-order valence-electron chi connectivity index (χ0n) is 12.4. The van der Waals surface area contributed by atoms with Crippen molar-refractivity contribution >= 4 is 0 Å². The Morgan fingerprint density at radius 1 is 1.45 bits per heavy atom. The van der Waals surface area contributed by atoms with Crippen LogP contribution in [-0.4, -0.2) is 53.8 Å². The highest BCUT2D eigenvalue weighted by Crippen LogP contribution is 2.23. The highest BCUT2D eigenvalue weighted by molar-refractivity contribution is 5.04. The smallest absolute Gasteiger partial charge is 0.111 e. The van der Waals surface area contributed by atoms with Crippen molar-refractivity contribution in [2.45, 2.75) is 44.4 Å². The van der Waals surface area contributed by atoms with E-state index < -0.39 is 0 Å². The molecule has 1 aromatic rings. The first kappa shape index (κ1) is 14.0. The first-order valence-electron chi connectivity index (χ1n) is 7.87. The van der Waals surface area contributed by atoms with Gasteiger partial charge in [0.25, 0.3) is 0 Å². The Hall–Kier alpha value is -0.910. The van der Waals surface area contributed by atoms with Gasteiger partial charge in [0.1, 0.15) is 6.10 Å². The number of aromatic nitrogens is 2. The maximum Gasteiger partial charge on any atom is 0.111 e. The number of hydrogen-bond donors (Lipinski definition) is 1. The minimum atomic E-state index is 0.156. The van der Waals surface area contributed by atoms with Gasteiger partial charge in [0, 0.05) is 32.2 Å². The van der Waals surface area contributed by atoms with Crippen molar-refractivity contribution < 1.29 is 4.74 Å². The first-order valence-corrected chi connectivity index (χ1v) is 7.87. The van der Waals surface area contributed by atoms with Gasteiger partial charge in [0.15, 0.2) is 0 Å². The van der Waals surface area contributed by atoms with Gasteiger partial charge in [-0.1, -0.05) is 12.8 Å². The van der Waals surface area contributed by atoms with Crippen LogP contribution in [0.4, 0.5) is 0 Å². The number of likely N-dealkylation sites (N-methyl/N-ethyl adjacent to an activating group) is 1. The third-order valence-corrected chi connectivity index (χ3v) is 4.64. The third-order valence-electron chi connectivity index (χ3n) is 4.64. The van der Waals surface area contributed by atoms with Crippen molar-refractivity contribution in [3.63, 3.8) is 0 Å². The summed E-state index contributed by atoms with van der Waals surface area (Å²) in [5, 5.41) is 3.38. The van der Waals surface area contributed by atoms with E-state index in [-0.39, 0.29) is 6.10 Å². The SMILES string of the molecule is CN(CCn1cncc1C1CNCCO1)C1CCCC1. The standard InChI is InChI=1S/C15H26N4O/c1-18(13-4-2-3-5-13)7-8-19-12-17-10-14(19)15-11-16-6-9-20-15/h10,12-13,15-16H,2-9,11H2,1H3. The molecule has 1 saturated heterocycles. The molecule has 5 heteroatoms. The molecule has 1 N–H and O–H groups in total. The maximum absolute atomic E-state index is 5.83.